The predicted molar refractivity (Wildman–Crippen MR) is 108 cm³/mol. The van der Waals surface area contributed by atoms with Crippen molar-refractivity contribution in [3.05, 3.63) is 52.5 Å². The molecule has 0 spiro atoms. The molecule has 3 aromatic heterocycles. The van der Waals surface area contributed by atoms with Crippen LogP contribution in [0.2, 0.25) is 0 Å². The highest BCUT2D eigenvalue weighted by molar-refractivity contribution is 7.12. The fourth-order valence-electron chi connectivity index (χ4n) is 2.46. The number of aromatic nitrogens is 3. The second-order valence-corrected chi connectivity index (χ2v) is 8.19. The first kappa shape index (κ1) is 19.8. The maximum absolute atomic E-state index is 12.1. The molecule has 0 aliphatic carbocycles. The average Bonchev–Trinajstić information content (AvgIpc) is 3.29. The molecular weight excluding hydrogens is 376 g/mol. The number of amides is 1. The van der Waals surface area contributed by atoms with Crippen molar-refractivity contribution in [2.45, 2.75) is 27.3 Å². The molecule has 0 saturated carbocycles. The summed E-state index contributed by atoms with van der Waals surface area (Å²) in [6.45, 7) is 6.00. The van der Waals surface area contributed by atoms with Gasteiger partial charge in [0.1, 0.15) is 10.7 Å². The van der Waals surface area contributed by atoms with E-state index >= 15 is 0 Å². The number of carbonyl (C=O) groups excluding carboxylic acids is 2. The summed E-state index contributed by atoms with van der Waals surface area (Å²) < 4.78 is 6.56. The van der Waals surface area contributed by atoms with E-state index in [0.717, 1.165) is 11.3 Å². The zero-order valence-electron chi connectivity index (χ0n) is 16.2. The fourth-order valence-corrected chi connectivity index (χ4v) is 3.28. The minimum atomic E-state index is -0.494. The van der Waals surface area contributed by atoms with E-state index < -0.39 is 5.41 Å². The molecule has 0 bridgehead atoms. The largest absolute Gasteiger partial charge is 0.465 e. The van der Waals surface area contributed by atoms with Gasteiger partial charge in [-0.3, -0.25) is 9.48 Å². The van der Waals surface area contributed by atoms with E-state index in [1.165, 1.54) is 18.4 Å². The number of rotatable bonds is 5. The summed E-state index contributed by atoms with van der Waals surface area (Å²) in [7, 11) is 1.36. The third-order valence-electron chi connectivity index (χ3n) is 4.01. The van der Waals surface area contributed by atoms with Crippen LogP contribution in [-0.2, 0) is 16.1 Å². The lowest BCUT2D eigenvalue weighted by Crippen LogP contribution is -2.28. The summed E-state index contributed by atoms with van der Waals surface area (Å²) >= 11 is 1.32. The van der Waals surface area contributed by atoms with Crippen LogP contribution in [0.4, 0.5) is 5.82 Å². The third kappa shape index (κ3) is 4.45. The van der Waals surface area contributed by atoms with Gasteiger partial charge >= 0.3 is 5.97 Å². The number of hydrogen-bond acceptors (Lipinski definition) is 6. The van der Waals surface area contributed by atoms with E-state index in [9.17, 15) is 9.59 Å². The molecule has 146 valence electrons. The van der Waals surface area contributed by atoms with Crippen LogP contribution in [0.3, 0.4) is 0 Å². The van der Waals surface area contributed by atoms with Crippen molar-refractivity contribution in [1.29, 1.82) is 0 Å². The zero-order chi connectivity index (χ0) is 20.3. The molecule has 7 nitrogen and oxygen atoms in total. The molecule has 0 fully saturated rings. The van der Waals surface area contributed by atoms with Crippen molar-refractivity contribution >= 4 is 29.0 Å². The van der Waals surface area contributed by atoms with Crippen molar-refractivity contribution in [3.8, 4) is 11.3 Å². The highest BCUT2D eigenvalue weighted by atomic mass is 32.1. The number of pyridine rings is 1. The highest BCUT2D eigenvalue weighted by Crippen LogP contribution is 2.27. The molecular formula is C20H22N4O3S. The van der Waals surface area contributed by atoms with Gasteiger partial charge in [0.25, 0.3) is 0 Å². The second-order valence-electron chi connectivity index (χ2n) is 7.27. The van der Waals surface area contributed by atoms with Crippen LogP contribution in [0.15, 0.2) is 41.9 Å². The van der Waals surface area contributed by atoms with Crippen molar-refractivity contribution in [2.24, 2.45) is 5.41 Å². The monoisotopic (exact) mass is 398 g/mol. The van der Waals surface area contributed by atoms with Crippen LogP contribution in [0.5, 0.6) is 0 Å². The maximum atomic E-state index is 12.1. The van der Waals surface area contributed by atoms with E-state index in [4.69, 9.17) is 4.74 Å². The second kappa shape index (κ2) is 7.93. The van der Waals surface area contributed by atoms with Gasteiger partial charge in [-0.05, 0) is 29.6 Å². The molecule has 1 amide bonds. The first-order chi connectivity index (χ1) is 13.3. The molecule has 3 heterocycles. The van der Waals surface area contributed by atoms with Gasteiger partial charge in [0.15, 0.2) is 0 Å². The van der Waals surface area contributed by atoms with Gasteiger partial charge in [-0.15, -0.1) is 11.3 Å². The minimum Gasteiger partial charge on any atom is -0.465 e. The van der Waals surface area contributed by atoms with E-state index in [0.29, 0.717) is 22.9 Å². The molecule has 1 N–H and O–H groups in total. The summed E-state index contributed by atoms with van der Waals surface area (Å²) in [5.74, 6) is 0.0467. The highest BCUT2D eigenvalue weighted by Gasteiger charge is 2.21. The van der Waals surface area contributed by atoms with Crippen molar-refractivity contribution in [1.82, 2.24) is 14.8 Å². The predicted octanol–water partition coefficient (Wildman–Crippen LogP) is 3.83. The van der Waals surface area contributed by atoms with Crippen LogP contribution in [0, 0.1) is 5.41 Å². The number of carbonyl (C=O) groups is 2. The van der Waals surface area contributed by atoms with Crippen LogP contribution in [-0.4, -0.2) is 33.8 Å². The lowest BCUT2D eigenvalue weighted by molar-refractivity contribution is -0.123. The van der Waals surface area contributed by atoms with E-state index in [-0.39, 0.29) is 11.9 Å². The smallest absolute Gasteiger partial charge is 0.348 e. The number of thiophene rings is 1. The van der Waals surface area contributed by atoms with Crippen LogP contribution in [0.25, 0.3) is 11.3 Å². The Bertz CT molecular complexity index is 1000. The first-order valence-electron chi connectivity index (χ1n) is 8.75. The van der Waals surface area contributed by atoms with Gasteiger partial charge < -0.3 is 10.1 Å². The Kier molecular flexibility index (Phi) is 5.60. The number of hydrogen-bond donors (Lipinski definition) is 1. The molecule has 0 unspecified atom stereocenters. The Labute approximate surface area is 167 Å². The summed E-state index contributed by atoms with van der Waals surface area (Å²) in [6, 6.07) is 9.18. The zero-order valence-corrected chi connectivity index (χ0v) is 17.0. The molecule has 0 radical (unpaired) electrons. The van der Waals surface area contributed by atoms with Gasteiger partial charge in [0.05, 0.1) is 25.0 Å². The molecule has 0 atom stereocenters. The number of nitrogens with one attached hydrogen (secondary N) is 1. The third-order valence-corrected chi connectivity index (χ3v) is 4.90. The Morgan fingerprint density at radius 1 is 1.21 bits per heavy atom. The molecule has 0 aliphatic heterocycles. The lowest BCUT2D eigenvalue weighted by Gasteiger charge is -2.17. The van der Waals surface area contributed by atoms with Crippen LogP contribution >= 0.6 is 11.3 Å². The molecule has 3 aromatic rings. The van der Waals surface area contributed by atoms with Crippen molar-refractivity contribution < 1.29 is 14.3 Å². The number of anilines is 1. The molecule has 0 aromatic carbocycles. The lowest BCUT2D eigenvalue weighted by atomic mass is 9.96. The summed E-state index contributed by atoms with van der Waals surface area (Å²) in [6.07, 6.45) is 1.83. The standard InChI is InChI=1S/C20H22N4O3S/c1-20(2,3)19(26)22-16-7-5-6-13(21-16)12-24-10-8-15(23-24)14-9-11-28-17(14)18(25)27-4/h5-11H,12H2,1-4H3,(H,21,22,26). The van der Waals surface area contributed by atoms with Gasteiger partial charge in [0.2, 0.25) is 5.91 Å². The van der Waals surface area contributed by atoms with E-state index in [1.807, 2.05) is 56.6 Å². The molecule has 0 saturated heterocycles. The Morgan fingerprint density at radius 3 is 2.71 bits per heavy atom. The van der Waals surface area contributed by atoms with Crippen molar-refractivity contribution in [2.75, 3.05) is 12.4 Å². The topological polar surface area (TPSA) is 86.1 Å². The maximum Gasteiger partial charge on any atom is 0.348 e. The number of methoxy groups -OCH3 is 1. The van der Waals surface area contributed by atoms with Gasteiger partial charge in [-0.25, -0.2) is 9.78 Å². The van der Waals surface area contributed by atoms with E-state index in [1.54, 1.807) is 10.7 Å². The molecule has 8 heteroatoms. The SMILES string of the molecule is COC(=O)c1sccc1-c1ccn(Cc2cccc(NC(=O)C(C)(C)C)n2)n1. The van der Waals surface area contributed by atoms with Crippen LogP contribution < -0.4 is 5.32 Å². The fraction of sp³-hybridized carbons (Fsp3) is 0.300. The first-order valence-corrected chi connectivity index (χ1v) is 9.63. The molecule has 28 heavy (non-hydrogen) atoms. The van der Waals surface area contributed by atoms with Crippen molar-refractivity contribution in [3.63, 3.8) is 0 Å². The molecule has 3 rings (SSSR count). The number of esters is 1. The minimum absolute atomic E-state index is 0.0914. The Hall–Kier alpha value is -3.00. The Morgan fingerprint density at radius 2 is 2.00 bits per heavy atom. The normalized spacial score (nSPS) is 11.3. The van der Waals surface area contributed by atoms with Crippen LogP contribution in [0.1, 0.15) is 36.1 Å². The van der Waals surface area contributed by atoms with Gasteiger partial charge in [0, 0.05) is 17.2 Å². The summed E-state index contributed by atoms with van der Waals surface area (Å²) in [5, 5.41) is 9.21. The summed E-state index contributed by atoms with van der Waals surface area (Å²) in [5.41, 5.74) is 1.71. The average molecular weight is 398 g/mol. The number of ether oxygens (including phenoxy) is 1. The quantitative estimate of drug-likeness (QED) is 0.660. The Balaban J connectivity index is 1.76. The summed E-state index contributed by atoms with van der Waals surface area (Å²) in [4.78, 5) is 29.0. The number of nitrogens with zero attached hydrogens (tertiary/aromatic N) is 3. The van der Waals surface area contributed by atoms with Gasteiger partial charge in [-0.2, -0.15) is 5.10 Å². The van der Waals surface area contributed by atoms with Gasteiger partial charge in [-0.1, -0.05) is 26.8 Å². The molecule has 0 aliphatic rings. The van der Waals surface area contributed by atoms with E-state index in [2.05, 4.69) is 15.4 Å².